The van der Waals surface area contributed by atoms with Crippen LogP contribution in [0.1, 0.15) is 12.1 Å². The van der Waals surface area contributed by atoms with Crippen molar-refractivity contribution < 1.29 is 22.7 Å². The Kier molecular flexibility index (Phi) is 4.53. The summed E-state index contributed by atoms with van der Waals surface area (Å²) in [6.07, 6.45) is 0.151. The molecule has 2 N–H and O–H groups in total. The standard InChI is InChI=1S/C12H11FN2O4S2/c13-8-1-4-10(5-2-8)21(18,19)15-12-14-9(7-20-12)3-6-11(16)17/h1-2,4-5,7H,3,6H2,(H,14,15)(H,16,17). The zero-order valence-electron chi connectivity index (χ0n) is 10.6. The Bertz CT molecular complexity index is 741. The Balaban J connectivity index is 2.10. The zero-order valence-corrected chi connectivity index (χ0v) is 12.2. The van der Waals surface area contributed by atoms with Crippen molar-refractivity contribution in [3.05, 3.63) is 41.2 Å². The monoisotopic (exact) mass is 330 g/mol. The van der Waals surface area contributed by atoms with Crippen LogP contribution in [0.25, 0.3) is 0 Å². The van der Waals surface area contributed by atoms with Gasteiger partial charge >= 0.3 is 5.97 Å². The second-order valence-electron chi connectivity index (χ2n) is 4.10. The first-order valence-corrected chi connectivity index (χ1v) is 8.18. The van der Waals surface area contributed by atoms with Crippen molar-refractivity contribution in [3.63, 3.8) is 0 Å². The lowest BCUT2D eigenvalue weighted by atomic mass is 10.3. The second-order valence-corrected chi connectivity index (χ2v) is 6.64. The number of aryl methyl sites for hydroxylation is 1. The highest BCUT2D eigenvalue weighted by Gasteiger charge is 2.16. The van der Waals surface area contributed by atoms with Crippen LogP contribution >= 0.6 is 11.3 Å². The van der Waals surface area contributed by atoms with Gasteiger partial charge in [0.05, 0.1) is 17.0 Å². The molecular weight excluding hydrogens is 319 g/mol. The molecule has 0 bridgehead atoms. The molecule has 0 unspecified atom stereocenters. The summed E-state index contributed by atoms with van der Waals surface area (Å²) in [4.78, 5) is 14.4. The number of sulfonamides is 1. The first-order valence-electron chi connectivity index (χ1n) is 5.81. The van der Waals surface area contributed by atoms with Crippen molar-refractivity contribution >= 4 is 32.5 Å². The van der Waals surface area contributed by atoms with E-state index in [9.17, 15) is 17.6 Å². The molecule has 0 aliphatic heterocycles. The maximum atomic E-state index is 12.8. The largest absolute Gasteiger partial charge is 0.481 e. The van der Waals surface area contributed by atoms with E-state index in [0.717, 1.165) is 35.6 Å². The van der Waals surface area contributed by atoms with Crippen LogP contribution in [0.4, 0.5) is 9.52 Å². The van der Waals surface area contributed by atoms with Crippen LogP contribution in [0.5, 0.6) is 0 Å². The number of rotatable bonds is 6. The zero-order chi connectivity index (χ0) is 15.5. The smallest absolute Gasteiger partial charge is 0.303 e. The van der Waals surface area contributed by atoms with Gasteiger partial charge in [0.25, 0.3) is 10.0 Å². The molecule has 2 aromatic rings. The van der Waals surface area contributed by atoms with E-state index in [4.69, 9.17) is 5.11 Å². The Morgan fingerprint density at radius 2 is 2.00 bits per heavy atom. The molecule has 0 fully saturated rings. The average Bonchev–Trinajstić information content (AvgIpc) is 2.84. The Morgan fingerprint density at radius 1 is 1.33 bits per heavy atom. The summed E-state index contributed by atoms with van der Waals surface area (Å²) in [5.74, 6) is -1.48. The third-order valence-electron chi connectivity index (χ3n) is 2.49. The fourth-order valence-electron chi connectivity index (χ4n) is 1.49. The van der Waals surface area contributed by atoms with E-state index in [0.29, 0.717) is 5.69 Å². The Hall–Kier alpha value is -2.00. The summed E-state index contributed by atoms with van der Waals surface area (Å²) in [5.41, 5.74) is 0.499. The number of aliphatic carboxylic acids is 1. The van der Waals surface area contributed by atoms with E-state index in [-0.39, 0.29) is 22.9 Å². The molecule has 1 heterocycles. The summed E-state index contributed by atoms with van der Waals surface area (Å²) in [7, 11) is -3.83. The normalized spacial score (nSPS) is 11.3. The van der Waals surface area contributed by atoms with Crippen molar-refractivity contribution in [3.8, 4) is 0 Å². The number of thiazole rings is 1. The average molecular weight is 330 g/mol. The third kappa shape index (κ3) is 4.23. The summed E-state index contributed by atoms with van der Waals surface area (Å²) >= 11 is 1.06. The topological polar surface area (TPSA) is 96.4 Å². The third-order valence-corrected chi connectivity index (χ3v) is 4.78. The number of anilines is 1. The number of nitrogens with one attached hydrogen (secondary N) is 1. The molecule has 0 aliphatic carbocycles. The highest BCUT2D eigenvalue weighted by atomic mass is 32.2. The predicted molar refractivity (Wildman–Crippen MR) is 75.3 cm³/mol. The fraction of sp³-hybridized carbons (Fsp3) is 0.167. The van der Waals surface area contributed by atoms with Crippen molar-refractivity contribution in [1.29, 1.82) is 0 Å². The maximum Gasteiger partial charge on any atom is 0.303 e. The highest BCUT2D eigenvalue weighted by molar-refractivity contribution is 7.93. The summed E-state index contributed by atoms with van der Waals surface area (Å²) in [6, 6.07) is 4.40. The van der Waals surface area contributed by atoms with Crippen LogP contribution in [-0.4, -0.2) is 24.5 Å². The van der Waals surface area contributed by atoms with Gasteiger partial charge < -0.3 is 5.11 Å². The number of hydrogen-bond donors (Lipinski definition) is 2. The summed E-state index contributed by atoms with van der Waals surface area (Å²) in [6.45, 7) is 0. The lowest BCUT2D eigenvalue weighted by Crippen LogP contribution is -2.12. The number of carbonyl (C=O) groups is 1. The van der Waals surface area contributed by atoms with E-state index >= 15 is 0 Å². The Morgan fingerprint density at radius 3 is 2.62 bits per heavy atom. The van der Waals surface area contributed by atoms with Crippen LogP contribution in [-0.2, 0) is 21.2 Å². The van der Waals surface area contributed by atoms with Crippen molar-refractivity contribution in [1.82, 2.24) is 4.98 Å². The number of halogens is 1. The number of carboxylic acids is 1. The molecule has 0 radical (unpaired) electrons. The number of benzene rings is 1. The van der Waals surface area contributed by atoms with Gasteiger partial charge in [-0.1, -0.05) is 0 Å². The van der Waals surface area contributed by atoms with Gasteiger partial charge in [-0.3, -0.25) is 9.52 Å². The molecule has 112 valence electrons. The maximum absolute atomic E-state index is 12.8. The molecule has 0 atom stereocenters. The van der Waals surface area contributed by atoms with Gasteiger partial charge in [-0.2, -0.15) is 0 Å². The molecule has 0 saturated heterocycles. The van der Waals surface area contributed by atoms with Gasteiger partial charge in [0.1, 0.15) is 5.82 Å². The SMILES string of the molecule is O=C(O)CCc1csc(NS(=O)(=O)c2ccc(F)cc2)n1. The van der Waals surface area contributed by atoms with Crippen LogP contribution in [0, 0.1) is 5.82 Å². The molecule has 1 aromatic heterocycles. The van der Waals surface area contributed by atoms with E-state index in [2.05, 4.69) is 9.71 Å². The van der Waals surface area contributed by atoms with Gasteiger partial charge in [0.15, 0.2) is 5.13 Å². The van der Waals surface area contributed by atoms with Crippen LogP contribution < -0.4 is 4.72 Å². The predicted octanol–water partition coefficient (Wildman–Crippen LogP) is 2.10. The van der Waals surface area contributed by atoms with Crippen LogP contribution in [0.15, 0.2) is 34.5 Å². The summed E-state index contributed by atoms with van der Waals surface area (Å²) in [5, 5.41) is 10.3. The minimum atomic E-state index is -3.83. The van der Waals surface area contributed by atoms with Crippen molar-refractivity contribution in [2.75, 3.05) is 4.72 Å². The van der Waals surface area contributed by atoms with Gasteiger partial charge in [-0.25, -0.2) is 17.8 Å². The van der Waals surface area contributed by atoms with Crippen LogP contribution in [0.2, 0.25) is 0 Å². The summed E-state index contributed by atoms with van der Waals surface area (Å²) < 4.78 is 39.1. The minimum absolute atomic E-state index is 0.0755. The molecule has 0 amide bonds. The first kappa shape index (κ1) is 15.4. The lowest BCUT2D eigenvalue weighted by Gasteiger charge is -2.04. The first-order chi connectivity index (χ1) is 9.87. The van der Waals surface area contributed by atoms with Crippen molar-refractivity contribution in [2.24, 2.45) is 0 Å². The van der Waals surface area contributed by atoms with E-state index < -0.39 is 21.8 Å². The Labute approximate surface area is 124 Å². The van der Waals surface area contributed by atoms with Gasteiger partial charge in [0, 0.05) is 11.8 Å². The molecule has 1 aromatic carbocycles. The molecule has 0 saturated carbocycles. The fourth-order valence-corrected chi connectivity index (χ4v) is 3.49. The second kappa shape index (κ2) is 6.19. The van der Waals surface area contributed by atoms with Gasteiger partial charge in [-0.15, -0.1) is 11.3 Å². The van der Waals surface area contributed by atoms with E-state index in [1.807, 2.05) is 0 Å². The van der Waals surface area contributed by atoms with Crippen molar-refractivity contribution in [2.45, 2.75) is 17.7 Å². The lowest BCUT2D eigenvalue weighted by molar-refractivity contribution is -0.136. The number of nitrogens with zero attached hydrogens (tertiary/aromatic N) is 1. The van der Waals surface area contributed by atoms with Gasteiger partial charge in [0.2, 0.25) is 0 Å². The molecule has 6 nitrogen and oxygen atoms in total. The minimum Gasteiger partial charge on any atom is -0.481 e. The number of aromatic nitrogens is 1. The van der Waals surface area contributed by atoms with Gasteiger partial charge in [-0.05, 0) is 24.3 Å². The van der Waals surface area contributed by atoms with Crippen LogP contribution in [0.3, 0.4) is 0 Å². The number of carboxylic acid groups (broad SMARTS) is 1. The molecule has 0 aliphatic rings. The quantitative estimate of drug-likeness (QED) is 0.845. The molecule has 0 spiro atoms. The van der Waals surface area contributed by atoms with E-state index in [1.165, 1.54) is 0 Å². The molecular formula is C12H11FN2O4S2. The number of hydrogen-bond acceptors (Lipinski definition) is 5. The molecule has 21 heavy (non-hydrogen) atoms. The van der Waals surface area contributed by atoms with E-state index in [1.54, 1.807) is 5.38 Å². The molecule has 2 rings (SSSR count). The molecule has 9 heteroatoms. The highest BCUT2D eigenvalue weighted by Crippen LogP contribution is 2.21.